The number of likely N-dealkylation sites (tertiary alicyclic amines) is 1. The summed E-state index contributed by atoms with van der Waals surface area (Å²) in [6.07, 6.45) is 2.03. The Hall–Kier alpha value is -3.30. The van der Waals surface area contributed by atoms with Crippen molar-refractivity contribution in [2.75, 3.05) is 6.54 Å². The van der Waals surface area contributed by atoms with Crippen molar-refractivity contribution in [2.45, 2.75) is 97.9 Å². The minimum absolute atomic E-state index is 0.000607. The van der Waals surface area contributed by atoms with Gasteiger partial charge in [-0.05, 0) is 88.1 Å². The van der Waals surface area contributed by atoms with E-state index in [2.05, 4.69) is 5.32 Å². The van der Waals surface area contributed by atoms with Crippen LogP contribution in [0.4, 0.5) is 0 Å². The average molecular weight is 675 g/mol. The minimum Gasteiger partial charge on any atom is -0.548 e. The molecule has 0 unspecified atom stereocenters. The number of hydrogen-bond acceptors (Lipinski definition) is 7. The molecule has 250 valence electrons. The molecule has 46 heavy (non-hydrogen) atoms. The average Bonchev–Trinajstić information content (AvgIpc) is 3.55. The summed E-state index contributed by atoms with van der Waals surface area (Å²) in [4.78, 5) is 54.3. The van der Waals surface area contributed by atoms with Crippen LogP contribution in [0.5, 0.6) is 5.75 Å². The van der Waals surface area contributed by atoms with E-state index < -0.39 is 52.3 Å². The molecule has 1 aliphatic carbocycles. The summed E-state index contributed by atoms with van der Waals surface area (Å²) in [5, 5.41) is 15.8. The summed E-state index contributed by atoms with van der Waals surface area (Å²) < 4.78 is 11.4. The Morgan fingerprint density at radius 3 is 2.24 bits per heavy atom. The van der Waals surface area contributed by atoms with Crippen molar-refractivity contribution in [1.29, 1.82) is 0 Å². The fraction of sp³-hybridized carbons (Fsp3) is 0.543. The summed E-state index contributed by atoms with van der Waals surface area (Å²) in [5.74, 6) is -2.55. The molecule has 1 heterocycles. The number of nitrogens with zero attached hydrogens (tertiary/aromatic N) is 1. The van der Waals surface area contributed by atoms with E-state index in [1.807, 2.05) is 20.8 Å². The number of carboxylic acids is 1. The lowest BCUT2D eigenvalue weighted by molar-refractivity contribution is -0.308. The Kier molecular flexibility index (Phi) is 10.7. The van der Waals surface area contributed by atoms with Crippen molar-refractivity contribution in [3.8, 4) is 5.75 Å². The Labute approximate surface area is 280 Å². The number of nitrogens with one attached hydrogen (secondary N) is 1. The first kappa shape index (κ1) is 35.6. The number of esters is 1. The number of halogens is 2. The Morgan fingerprint density at radius 1 is 1.02 bits per heavy atom. The first-order valence-corrected chi connectivity index (χ1v) is 16.4. The number of benzene rings is 2. The number of hydrogen-bond donors (Lipinski definition) is 1. The van der Waals surface area contributed by atoms with Gasteiger partial charge in [-0.3, -0.25) is 9.59 Å². The lowest BCUT2D eigenvalue weighted by atomic mass is 9.64. The van der Waals surface area contributed by atoms with E-state index in [1.165, 1.54) is 0 Å². The van der Waals surface area contributed by atoms with E-state index >= 15 is 0 Å². The molecule has 2 amide bonds. The zero-order valence-electron chi connectivity index (χ0n) is 27.3. The predicted octanol–water partition coefficient (Wildman–Crippen LogP) is 5.12. The molecule has 0 radical (unpaired) electrons. The molecule has 1 saturated heterocycles. The number of rotatable bonds is 10. The van der Waals surface area contributed by atoms with Crippen LogP contribution in [-0.2, 0) is 36.9 Å². The van der Waals surface area contributed by atoms with Crippen LogP contribution >= 0.6 is 23.2 Å². The van der Waals surface area contributed by atoms with E-state index in [4.69, 9.17) is 32.7 Å². The van der Waals surface area contributed by atoms with Crippen LogP contribution in [0, 0.1) is 16.7 Å². The van der Waals surface area contributed by atoms with Gasteiger partial charge in [0.2, 0.25) is 11.8 Å². The van der Waals surface area contributed by atoms with Crippen LogP contribution in [0.25, 0.3) is 0 Å². The third-order valence-corrected chi connectivity index (χ3v) is 10.3. The highest BCUT2D eigenvalue weighted by Gasteiger charge is 2.60. The van der Waals surface area contributed by atoms with Crippen molar-refractivity contribution in [1.82, 2.24) is 10.2 Å². The van der Waals surface area contributed by atoms with Crippen LogP contribution in [0.3, 0.4) is 0 Å². The van der Waals surface area contributed by atoms with Crippen LogP contribution in [-0.4, -0.2) is 52.9 Å². The molecule has 0 bridgehead atoms. The molecule has 4 atom stereocenters. The summed E-state index contributed by atoms with van der Waals surface area (Å²) in [6, 6.07) is 10.1. The van der Waals surface area contributed by atoms with E-state index in [-0.39, 0.29) is 18.9 Å². The lowest BCUT2D eigenvalue weighted by Crippen LogP contribution is -2.55. The van der Waals surface area contributed by atoms with Crippen molar-refractivity contribution >= 4 is 47.0 Å². The third kappa shape index (κ3) is 7.63. The summed E-state index contributed by atoms with van der Waals surface area (Å²) >= 11 is 12.4. The molecule has 2 aliphatic rings. The van der Waals surface area contributed by atoms with Gasteiger partial charge in [0, 0.05) is 28.1 Å². The van der Waals surface area contributed by atoms with E-state index in [1.54, 1.807) is 68.1 Å². The largest absolute Gasteiger partial charge is 0.548 e. The second-order valence-corrected chi connectivity index (χ2v) is 14.9. The molecule has 2 aromatic rings. The van der Waals surface area contributed by atoms with Gasteiger partial charge in [0.25, 0.3) is 0 Å². The molecule has 1 saturated carbocycles. The van der Waals surface area contributed by atoms with Gasteiger partial charge in [-0.25, -0.2) is 4.79 Å². The number of carbonyl (C=O) groups is 4. The summed E-state index contributed by atoms with van der Waals surface area (Å²) in [7, 11) is 0. The van der Waals surface area contributed by atoms with E-state index in [0.29, 0.717) is 59.1 Å². The van der Waals surface area contributed by atoms with Crippen molar-refractivity contribution < 1.29 is 33.8 Å². The SMILES string of the molecule is CC(C)(C)OC(=O)[C@@H]1CCCN1C(=O)[C@]1(C)CC[C@H](C(=O)N[C@@H](Cc2ccc(OCc3c(Cl)cccc3Cl)cc2)C(=O)[O-])C1(C)C. The van der Waals surface area contributed by atoms with Crippen molar-refractivity contribution in [2.24, 2.45) is 16.7 Å². The van der Waals surface area contributed by atoms with Crippen LogP contribution < -0.4 is 15.2 Å². The maximum atomic E-state index is 14.1. The second kappa shape index (κ2) is 13.8. The quantitative estimate of drug-likeness (QED) is 0.347. The second-order valence-electron chi connectivity index (χ2n) is 14.1. The van der Waals surface area contributed by atoms with Gasteiger partial charge in [0.15, 0.2) is 0 Å². The number of carboxylic acid groups (broad SMARTS) is 1. The van der Waals surface area contributed by atoms with Crippen LogP contribution in [0.15, 0.2) is 42.5 Å². The predicted molar refractivity (Wildman–Crippen MR) is 173 cm³/mol. The van der Waals surface area contributed by atoms with Crippen molar-refractivity contribution in [3.63, 3.8) is 0 Å². The number of carbonyl (C=O) groups excluding carboxylic acids is 4. The smallest absolute Gasteiger partial charge is 0.329 e. The van der Waals surface area contributed by atoms with Gasteiger partial charge < -0.3 is 29.6 Å². The molecule has 4 rings (SSSR count). The molecule has 2 fully saturated rings. The first-order valence-electron chi connectivity index (χ1n) is 15.6. The third-order valence-electron chi connectivity index (χ3n) is 9.62. The maximum absolute atomic E-state index is 14.1. The van der Waals surface area contributed by atoms with E-state index in [0.717, 1.165) is 0 Å². The Balaban J connectivity index is 1.40. The minimum atomic E-state index is -1.41. The highest BCUT2D eigenvalue weighted by Crippen LogP contribution is 2.57. The van der Waals surface area contributed by atoms with Gasteiger partial charge >= 0.3 is 5.97 Å². The van der Waals surface area contributed by atoms with E-state index in [9.17, 15) is 24.3 Å². The highest BCUT2D eigenvalue weighted by molar-refractivity contribution is 6.35. The molecule has 1 aliphatic heterocycles. The fourth-order valence-corrected chi connectivity index (χ4v) is 7.04. The Morgan fingerprint density at radius 2 is 1.65 bits per heavy atom. The lowest BCUT2D eigenvalue weighted by Gasteiger charge is -2.43. The molecule has 0 aromatic heterocycles. The zero-order chi connectivity index (χ0) is 34.0. The van der Waals surface area contributed by atoms with Gasteiger partial charge in [-0.1, -0.05) is 62.2 Å². The topological polar surface area (TPSA) is 125 Å². The highest BCUT2D eigenvalue weighted by atomic mass is 35.5. The maximum Gasteiger partial charge on any atom is 0.329 e. The Bertz CT molecular complexity index is 1450. The van der Waals surface area contributed by atoms with Crippen LogP contribution in [0.1, 0.15) is 78.4 Å². The standard InChI is InChI=1S/C35H44Cl2N2O7/c1-33(2,3)46-31(43)28-11-8-18-39(28)32(44)35(6)17-16-24(34(35,4)5)29(40)38-27(30(41)42)19-21-12-14-22(15-13-21)45-20-23-25(36)9-7-10-26(23)37/h7,9-10,12-15,24,27-28H,8,11,16-20H2,1-6H3,(H,38,40)(H,41,42)/p-1/t24-,27+,28+,35+/m1/s1. The fourth-order valence-electron chi connectivity index (χ4n) is 6.53. The number of amides is 2. The molecule has 11 heteroatoms. The van der Waals surface area contributed by atoms with Gasteiger partial charge in [0.1, 0.15) is 24.0 Å². The number of aliphatic carboxylic acids is 1. The molecule has 9 nitrogen and oxygen atoms in total. The molecule has 2 aromatic carbocycles. The number of ether oxygens (including phenoxy) is 2. The van der Waals surface area contributed by atoms with Crippen LogP contribution in [0.2, 0.25) is 10.0 Å². The summed E-state index contributed by atoms with van der Waals surface area (Å²) in [6.45, 7) is 11.5. The molecular formula is C35H43Cl2N2O7-. The normalized spacial score (nSPS) is 23.1. The van der Waals surface area contributed by atoms with Gasteiger partial charge in [0.05, 0.1) is 17.4 Å². The van der Waals surface area contributed by atoms with Gasteiger partial charge in [-0.15, -0.1) is 0 Å². The van der Waals surface area contributed by atoms with Gasteiger partial charge in [-0.2, -0.15) is 0 Å². The zero-order valence-corrected chi connectivity index (χ0v) is 28.8. The van der Waals surface area contributed by atoms with Crippen molar-refractivity contribution in [3.05, 3.63) is 63.6 Å². The summed E-state index contributed by atoms with van der Waals surface area (Å²) in [5.41, 5.74) is -1.13. The molecule has 1 N–H and O–H groups in total. The first-order chi connectivity index (χ1) is 21.4. The monoisotopic (exact) mass is 673 g/mol. The molecule has 0 spiro atoms. The molecular weight excluding hydrogens is 631 g/mol.